The zero-order valence-corrected chi connectivity index (χ0v) is 11.1. The Bertz CT molecular complexity index is 260. The molecule has 1 fully saturated rings. The highest BCUT2D eigenvalue weighted by Gasteiger charge is 2.44. The van der Waals surface area contributed by atoms with Gasteiger partial charge in [0.05, 0.1) is 0 Å². The molecule has 3 heteroatoms. The average molecular weight is 212 g/mol. The molecule has 0 aromatic heterocycles. The molecule has 3 nitrogen and oxygen atoms in total. The quantitative estimate of drug-likeness (QED) is 0.605. The first-order valence-electron chi connectivity index (χ1n) is 5.66. The van der Waals surface area contributed by atoms with Crippen LogP contribution in [0.1, 0.15) is 48.5 Å². The summed E-state index contributed by atoms with van der Waals surface area (Å²) in [5.74, 6) is 0. The Labute approximate surface area is 93.4 Å². The predicted molar refractivity (Wildman–Crippen MR) is 62.9 cm³/mol. The van der Waals surface area contributed by atoms with Crippen molar-refractivity contribution in [2.45, 2.75) is 65.6 Å². The maximum Gasteiger partial charge on any atom is 0.321 e. The van der Waals surface area contributed by atoms with E-state index in [9.17, 15) is 4.79 Å². The van der Waals surface area contributed by atoms with Gasteiger partial charge < -0.3 is 9.80 Å². The first-order chi connectivity index (χ1) is 6.55. The largest absolute Gasteiger partial charge is 0.321 e. The number of nitrogens with zero attached hydrogens (tertiary/aromatic N) is 2. The Balaban J connectivity index is 2.94. The van der Waals surface area contributed by atoms with Crippen molar-refractivity contribution in [1.82, 2.24) is 9.80 Å². The zero-order chi connectivity index (χ0) is 12.0. The third kappa shape index (κ3) is 2.27. The lowest BCUT2D eigenvalue weighted by molar-refractivity contribution is 0.126. The van der Waals surface area contributed by atoms with Crippen LogP contribution in [0, 0.1) is 0 Å². The summed E-state index contributed by atoms with van der Waals surface area (Å²) >= 11 is 0. The Kier molecular flexibility index (Phi) is 2.79. The van der Waals surface area contributed by atoms with Crippen molar-refractivity contribution < 1.29 is 4.79 Å². The maximum atomic E-state index is 12.3. The van der Waals surface area contributed by atoms with E-state index in [-0.39, 0.29) is 17.1 Å². The molecule has 1 aliphatic rings. The molecule has 15 heavy (non-hydrogen) atoms. The molecule has 1 atom stereocenters. The summed E-state index contributed by atoms with van der Waals surface area (Å²) in [4.78, 5) is 16.2. The number of urea groups is 1. The Morgan fingerprint density at radius 3 is 1.73 bits per heavy atom. The first kappa shape index (κ1) is 12.3. The van der Waals surface area contributed by atoms with Gasteiger partial charge in [-0.2, -0.15) is 0 Å². The van der Waals surface area contributed by atoms with Crippen LogP contribution < -0.4 is 0 Å². The van der Waals surface area contributed by atoms with Crippen LogP contribution in [0.4, 0.5) is 4.79 Å². The molecule has 0 bridgehead atoms. The van der Waals surface area contributed by atoms with Crippen molar-refractivity contribution in [2.24, 2.45) is 0 Å². The molecule has 0 aromatic carbocycles. The van der Waals surface area contributed by atoms with Gasteiger partial charge in [0.15, 0.2) is 0 Å². The van der Waals surface area contributed by atoms with E-state index in [1.807, 2.05) is 9.80 Å². The van der Waals surface area contributed by atoms with E-state index in [0.717, 1.165) is 6.54 Å². The van der Waals surface area contributed by atoms with Gasteiger partial charge >= 0.3 is 6.03 Å². The normalized spacial score (nSPS) is 23.9. The van der Waals surface area contributed by atoms with E-state index < -0.39 is 0 Å². The molecular formula is C12H24N2O. The molecular weight excluding hydrogens is 188 g/mol. The third-order valence-corrected chi connectivity index (χ3v) is 2.86. The molecule has 1 unspecified atom stereocenters. The predicted octanol–water partition coefficient (Wildman–Crippen LogP) is 2.71. The number of carbonyl (C=O) groups excluding carboxylic acids is 1. The molecule has 1 rings (SSSR count). The standard InChI is InChI=1S/C12H24N2O/c1-9-8-13(11(2,3)4)10(15)14(9)12(5,6)7/h9H,8H2,1-7H3. The highest BCUT2D eigenvalue weighted by atomic mass is 16.2. The van der Waals surface area contributed by atoms with E-state index in [1.54, 1.807) is 0 Å². The summed E-state index contributed by atoms with van der Waals surface area (Å²) in [5.41, 5.74) is -0.165. The lowest BCUT2D eigenvalue weighted by atomic mass is 10.1. The monoisotopic (exact) mass is 212 g/mol. The van der Waals surface area contributed by atoms with Crippen LogP contribution in [0.15, 0.2) is 0 Å². The highest BCUT2D eigenvalue weighted by Crippen LogP contribution is 2.29. The summed E-state index contributed by atoms with van der Waals surface area (Å²) in [5, 5.41) is 0. The van der Waals surface area contributed by atoms with Crippen molar-refractivity contribution in [3.05, 3.63) is 0 Å². The van der Waals surface area contributed by atoms with Gasteiger partial charge in [-0.1, -0.05) is 0 Å². The number of carbonyl (C=O) groups is 1. The van der Waals surface area contributed by atoms with Gasteiger partial charge in [0, 0.05) is 23.7 Å². The van der Waals surface area contributed by atoms with Gasteiger partial charge in [0.25, 0.3) is 0 Å². The minimum atomic E-state index is -0.0868. The molecule has 0 aromatic rings. The molecule has 0 aliphatic carbocycles. The van der Waals surface area contributed by atoms with Crippen LogP contribution in [0.2, 0.25) is 0 Å². The minimum absolute atomic E-state index is 0.0780. The van der Waals surface area contributed by atoms with Crippen LogP contribution in [-0.4, -0.2) is 39.5 Å². The molecule has 0 radical (unpaired) electrons. The van der Waals surface area contributed by atoms with Crippen molar-refractivity contribution in [3.63, 3.8) is 0 Å². The van der Waals surface area contributed by atoms with Crippen LogP contribution >= 0.6 is 0 Å². The van der Waals surface area contributed by atoms with Crippen molar-refractivity contribution >= 4 is 6.03 Å². The van der Waals surface area contributed by atoms with E-state index in [0.29, 0.717) is 6.04 Å². The fraction of sp³-hybridized carbons (Fsp3) is 0.917. The summed E-state index contributed by atoms with van der Waals surface area (Å²) in [7, 11) is 0. The summed E-state index contributed by atoms with van der Waals surface area (Å²) in [6.45, 7) is 15.5. The minimum Gasteiger partial charge on any atom is -0.318 e. The first-order valence-corrected chi connectivity index (χ1v) is 5.66. The van der Waals surface area contributed by atoms with Gasteiger partial charge in [-0.15, -0.1) is 0 Å². The van der Waals surface area contributed by atoms with Crippen molar-refractivity contribution in [3.8, 4) is 0 Å². The lowest BCUT2D eigenvalue weighted by Crippen LogP contribution is -2.49. The van der Waals surface area contributed by atoms with Gasteiger partial charge in [0.1, 0.15) is 0 Å². The molecule has 88 valence electrons. The molecule has 0 spiro atoms. The number of amides is 2. The van der Waals surface area contributed by atoms with Crippen LogP contribution in [-0.2, 0) is 0 Å². The molecule has 1 heterocycles. The summed E-state index contributed by atoms with van der Waals surface area (Å²) in [6, 6.07) is 0.472. The fourth-order valence-electron chi connectivity index (χ4n) is 2.25. The van der Waals surface area contributed by atoms with Crippen molar-refractivity contribution in [1.29, 1.82) is 0 Å². The second-order valence-electron chi connectivity index (χ2n) is 6.45. The van der Waals surface area contributed by atoms with E-state index in [1.165, 1.54) is 0 Å². The molecule has 1 saturated heterocycles. The van der Waals surface area contributed by atoms with E-state index >= 15 is 0 Å². The molecule has 1 aliphatic heterocycles. The second-order valence-corrected chi connectivity index (χ2v) is 6.45. The van der Waals surface area contributed by atoms with Crippen LogP contribution in [0.25, 0.3) is 0 Å². The van der Waals surface area contributed by atoms with Crippen LogP contribution in [0.5, 0.6) is 0 Å². The Morgan fingerprint density at radius 2 is 1.53 bits per heavy atom. The smallest absolute Gasteiger partial charge is 0.318 e. The highest BCUT2D eigenvalue weighted by molar-refractivity contribution is 5.78. The molecule has 0 saturated carbocycles. The second kappa shape index (κ2) is 3.39. The van der Waals surface area contributed by atoms with Gasteiger partial charge in [-0.3, -0.25) is 0 Å². The number of hydrogen-bond acceptors (Lipinski definition) is 1. The van der Waals surface area contributed by atoms with Crippen molar-refractivity contribution in [2.75, 3.05) is 6.54 Å². The lowest BCUT2D eigenvalue weighted by Gasteiger charge is -2.36. The van der Waals surface area contributed by atoms with Gasteiger partial charge in [-0.05, 0) is 48.5 Å². The summed E-state index contributed by atoms with van der Waals surface area (Å²) in [6.07, 6.45) is 0. The Hall–Kier alpha value is -0.730. The van der Waals surface area contributed by atoms with E-state index in [2.05, 4.69) is 48.5 Å². The number of rotatable bonds is 0. The molecule has 0 N–H and O–H groups in total. The van der Waals surface area contributed by atoms with E-state index in [4.69, 9.17) is 0 Å². The van der Waals surface area contributed by atoms with Gasteiger partial charge in [-0.25, -0.2) is 4.79 Å². The SMILES string of the molecule is CC1CN(C(C)(C)C)C(=O)N1C(C)(C)C. The maximum absolute atomic E-state index is 12.3. The summed E-state index contributed by atoms with van der Waals surface area (Å²) < 4.78 is 0. The molecule has 2 amide bonds. The third-order valence-electron chi connectivity index (χ3n) is 2.86. The topological polar surface area (TPSA) is 23.6 Å². The Morgan fingerprint density at radius 1 is 1.07 bits per heavy atom. The fourth-order valence-corrected chi connectivity index (χ4v) is 2.25. The number of hydrogen-bond donors (Lipinski definition) is 0. The zero-order valence-electron chi connectivity index (χ0n) is 11.1. The average Bonchev–Trinajstić information content (AvgIpc) is 2.22. The van der Waals surface area contributed by atoms with Gasteiger partial charge in [0.2, 0.25) is 0 Å². The van der Waals surface area contributed by atoms with Crippen LogP contribution in [0.3, 0.4) is 0 Å².